The number of ether oxygens (including phenoxy) is 1. The molecule has 0 radical (unpaired) electrons. The first-order valence-electron chi connectivity index (χ1n) is 6.43. The number of para-hydroxylation sites is 1. The van der Waals surface area contributed by atoms with Gasteiger partial charge in [-0.05, 0) is 37.9 Å². The van der Waals surface area contributed by atoms with Gasteiger partial charge in [0.05, 0.1) is 7.11 Å². The van der Waals surface area contributed by atoms with Gasteiger partial charge in [0.25, 0.3) is 0 Å². The molecule has 0 saturated heterocycles. The standard InChI is InChI=1S/C14H23NO3S/c1-15-13(8-6-10-19(3,16)17)11-12-7-4-5-9-14(12)18-2/h4-5,7,9,13,15H,6,8,10-11H2,1-3H3. The highest BCUT2D eigenvalue weighted by molar-refractivity contribution is 7.90. The highest BCUT2D eigenvalue weighted by Gasteiger charge is 2.12. The number of sulfone groups is 1. The van der Waals surface area contributed by atoms with Crippen LogP contribution in [0.25, 0.3) is 0 Å². The van der Waals surface area contributed by atoms with Gasteiger partial charge in [0.15, 0.2) is 0 Å². The maximum absolute atomic E-state index is 11.1. The van der Waals surface area contributed by atoms with Gasteiger partial charge in [0.1, 0.15) is 15.6 Å². The van der Waals surface area contributed by atoms with Crippen molar-refractivity contribution in [3.8, 4) is 5.75 Å². The van der Waals surface area contributed by atoms with Crippen molar-refractivity contribution in [2.45, 2.75) is 25.3 Å². The summed E-state index contributed by atoms with van der Waals surface area (Å²) < 4.78 is 27.6. The van der Waals surface area contributed by atoms with Crippen LogP contribution in [0.15, 0.2) is 24.3 Å². The zero-order valence-corrected chi connectivity index (χ0v) is 12.7. The fourth-order valence-corrected chi connectivity index (χ4v) is 2.77. The summed E-state index contributed by atoms with van der Waals surface area (Å²) in [5.74, 6) is 1.13. The molecule has 0 fully saturated rings. The minimum Gasteiger partial charge on any atom is -0.496 e. The fourth-order valence-electron chi connectivity index (χ4n) is 2.08. The van der Waals surface area contributed by atoms with E-state index in [1.54, 1.807) is 7.11 Å². The molecule has 0 bridgehead atoms. The second-order valence-corrected chi connectivity index (χ2v) is 7.03. The Morgan fingerprint density at radius 3 is 2.58 bits per heavy atom. The van der Waals surface area contributed by atoms with Crippen molar-refractivity contribution in [2.75, 3.05) is 26.2 Å². The third kappa shape index (κ3) is 6.07. The molecule has 108 valence electrons. The molecular weight excluding hydrogens is 262 g/mol. The molecule has 0 aliphatic heterocycles. The number of nitrogens with one attached hydrogen (secondary N) is 1. The Morgan fingerprint density at radius 1 is 1.32 bits per heavy atom. The van der Waals surface area contributed by atoms with Crippen molar-refractivity contribution in [1.82, 2.24) is 5.32 Å². The van der Waals surface area contributed by atoms with Crippen molar-refractivity contribution in [2.24, 2.45) is 0 Å². The van der Waals surface area contributed by atoms with Gasteiger partial charge in [-0.15, -0.1) is 0 Å². The number of benzene rings is 1. The van der Waals surface area contributed by atoms with Gasteiger partial charge in [-0.25, -0.2) is 8.42 Å². The maximum Gasteiger partial charge on any atom is 0.147 e. The van der Waals surface area contributed by atoms with Crippen molar-refractivity contribution in [3.05, 3.63) is 29.8 Å². The van der Waals surface area contributed by atoms with E-state index < -0.39 is 9.84 Å². The average molecular weight is 285 g/mol. The smallest absolute Gasteiger partial charge is 0.147 e. The highest BCUT2D eigenvalue weighted by atomic mass is 32.2. The molecule has 0 spiro atoms. The van der Waals surface area contributed by atoms with Crippen LogP contribution in [-0.2, 0) is 16.3 Å². The summed E-state index contributed by atoms with van der Waals surface area (Å²) in [7, 11) is 0.701. The first-order chi connectivity index (χ1) is 8.96. The van der Waals surface area contributed by atoms with Crippen LogP contribution in [-0.4, -0.2) is 40.6 Å². The normalized spacial score (nSPS) is 13.2. The van der Waals surface area contributed by atoms with Crippen LogP contribution < -0.4 is 10.1 Å². The molecule has 1 N–H and O–H groups in total. The van der Waals surface area contributed by atoms with Crippen molar-refractivity contribution in [1.29, 1.82) is 0 Å². The molecule has 0 aromatic heterocycles. The summed E-state index contributed by atoms with van der Waals surface area (Å²) >= 11 is 0. The molecular formula is C14H23NO3S. The maximum atomic E-state index is 11.1. The van der Waals surface area contributed by atoms with Crippen LogP contribution >= 0.6 is 0 Å². The van der Waals surface area contributed by atoms with E-state index in [9.17, 15) is 8.42 Å². The minimum absolute atomic E-state index is 0.247. The largest absolute Gasteiger partial charge is 0.496 e. The average Bonchev–Trinajstić information content (AvgIpc) is 2.36. The van der Waals surface area contributed by atoms with Crippen LogP contribution in [0.4, 0.5) is 0 Å². The molecule has 1 aromatic carbocycles. The molecule has 1 unspecified atom stereocenters. The Bertz CT molecular complexity index is 485. The van der Waals surface area contributed by atoms with Crippen LogP contribution in [0, 0.1) is 0 Å². The van der Waals surface area contributed by atoms with E-state index in [1.807, 2.05) is 31.3 Å². The monoisotopic (exact) mass is 285 g/mol. The molecule has 1 rings (SSSR count). The number of likely N-dealkylation sites (N-methyl/N-ethyl adjacent to an activating group) is 1. The van der Waals surface area contributed by atoms with E-state index in [0.29, 0.717) is 6.42 Å². The lowest BCUT2D eigenvalue weighted by molar-refractivity contribution is 0.404. The molecule has 0 aliphatic carbocycles. The van der Waals surface area contributed by atoms with Crippen LogP contribution in [0.5, 0.6) is 5.75 Å². The summed E-state index contributed by atoms with van der Waals surface area (Å²) in [6.45, 7) is 0. The van der Waals surface area contributed by atoms with E-state index in [0.717, 1.165) is 24.2 Å². The fraction of sp³-hybridized carbons (Fsp3) is 0.571. The third-order valence-electron chi connectivity index (χ3n) is 3.13. The van der Waals surface area contributed by atoms with Crippen molar-refractivity contribution in [3.63, 3.8) is 0 Å². The molecule has 0 saturated carbocycles. The van der Waals surface area contributed by atoms with Crippen LogP contribution in [0.2, 0.25) is 0 Å². The number of hydrogen-bond donors (Lipinski definition) is 1. The van der Waals surface area contributed by atoms with Crippen LogP contribution in [0.1, 0.15) is 18.4 Å². The molecule has 0 amide bonds. The molecule has 5 heteroatoms. The number of rotatable bonds is 8. The lowest BCUT2D eigenvalue weighted by Crippen LogP contribution is -2.28. The highest BCUT2D eigenvalue weighted by Crippen LogP contribution is 2.20. The zero-order chi connectivity index (χ0) is 14.3. The third-order valence-corrected chi connectivity index (χ3v) is 4.17. The van der Waals surface area contributed by atoms with Crippen molar-refractivity contribution < 1.29 is 13.2 Å². The van der Waals surface area contributed by atoms with Gasteiger partial charge < -0.3 is 10.1 Å². The van der Waals surface area contributed by atoms with Gasteiger partial charge in [-0.1, -0.05) is 18.2 Å². The SMILES string of the molecule is CNC(CCCS(C)(=O)=O)Cc1ccccc1OC. The topological polar surface area (TPSA) is 55.4 Å². The Labute approximate surface area is 116 Å². The van der Waals surface area contributed by atoms with Gasteiger partial charge in [-0.2, -0.15) is 0 Å². The summed E-state index contributed by atoms with van der Waals surface area (Å²) in [6, 6.07) is 8.18. The lowest BCUT2D eigenvalue weighted by atomic mass is 10.0. The summed E-state index contributed by atoms with van der Waals surface area (Å²) in [4.78, 5) is 0. The van der Waals surface area contributed by atoms with Gasteiger partial charge in [0.2, 0.25) is 0 Å². The Kier molecular flexibility index (Phi) is 6.31. The quantitative estimate of drug-likeness (QED) is 0.789. The zero-order valence-electron chi connectivity index (χ0n) is 11.8. The van der Waals surface area contributed by atoms with E-state index in [-0.39, 0.29) is 11.8 Å². The summed E-state index contributed by atoms with van der Waals surface area (Å²) in [6.07, 6.45) is 3.63. The van der Waals surface area contributed by atoms with Gasteiger partial charge in [0, 0.05) is 18.1 Å². The second kappa shape index (κ2) is 7.50. The van der Waals surface area contributed by atoms with Gasteiger partial charge in [-0.3, -0.25) is 0 Å². The predicted octanol–water partition coefficient (Wildman–Crippen LogP) is 1.65. The molecule has 19 heavy (non-hydrogen) atoms. The Hall–Kier alpha value is -1.07. The molecule has 1 atom stereocenters. The minimum atomic E-state index is -2.87. The van der Waals surface area contributed by atoms with Crippen LogP contribution in [0.3, 0.4) is 0 Å². The molecule has 4 nitrogen and oxygen atoms in total. The van der Waals surface area contributed by atoms with E-state index in [4.69, 9.17) is 4.74 Å². The summed E-state index contributed by atoms with van der Waals surface area (Å²) in [5.41, 5.74) is 1.14. The first kappa shape index (κ1) is 16.0. The van der Waals surface area contributed by atoms with Crippen molar-refractivity contribution >= 4 is 9.84 Å². The number of methoxy groups -OCH3 is 1. The molecule has 0 heterocycles. The van der Waals surface area contributed by atoms with E-state index >= 15 is 0 Å². The van der Waals surface area contributed by atoms with E-state index in [2.05, 4.69) is 5.32 Å². The lowest BCUT2D eigenvalue weighted by Gasteiger charge is -2.17. The predicted molar refractivity (Wildman–Crippen MR) is 78.5 cm³/mol. The van der Waals surface area contributed by atoms with Gasteiger partial charge >= 0.3 is 0 Å². The Balaban J connectivity index is 2.56. The number of hydrogen-bond acceptors (Lipinski definition) is 4. The summed E-state index contributed by atoms with van der Waals surface area (Å²) in [5, 5.41) is 3.24. The molecule has 0 aliphatic rings. The molecule has 1 aromatic rings. The Morgan fingerprint density at radius 2 is 2.00 bits per heavy atom. The van der Waals surface area contributed by atoms with E-state index in [1.165, 1.54) is 6.26 Å². The second-order valence-electron chi connectivity index (χ2n) is 4.77. The first-order valence-corrected chi connectivity index (χ1v) is 8.49.